The minimum absolute atomic E-state index is 0. The summed E-state index contributed by atoms with van der Waals surface area (Å²) in [6.45, 7) is 2.04. The number of hydrogen-bond donors (Lipinski definition) is 1. The van der Waals surface area contributed by atoms with Crippen LogP contribution in [-0.2, 0) is 7.05 Å². The molecule has 0 spiro atoms. The van der Waals surface area contributed by atoms with E-state index in [0.29, 0.717) is 0 Å². The van der Waals surface area contributed by atoms with Gasteiger partial charge < -0.3 is 5.73 Å². The van der Waals surface area contributed by atoms with E-state index < -0.39 is 0 Å². The van der Waals surface area contributed by atoms with Gasteiger partial charge in [0.25, 0.3) is 0 Å². The van der Waals surface area contributed by atoms with Crippen LogP contribution in [0.15, 0.2) is 6.20 Å². The van der Waals surface area contributed by atoms with Gasteiger partial charge in [0.15, 0.2) is 0 Å². The van der Waals surface area contributed by atoms with Gasteiger partial charge in [-0.25, -0.2) is 0 Å². The van der Waals surface area contributed by atoms with Gasteiger partial charge in [0.1, 0.15) is 0 Å². The number of rotatable bonds is 2. The number of hydrogen-bond acceptors (Lipinski definition) is 3. The fraction of sp³-hybridized carbons (Fsp3) is 0.667. The lowest BCUT2D eigenvalue weighted by Crippen LogP contribution is -2.13. The Morgan fingerprint density at radius 2 is 2.17 bits per heavy atom. The minimum Gasteiger partial charge on any atom is -0.323 e. The van der Waals surface area contributed by atoms with Gasteiger partial charge in [0.05, 0.1) is 11.9 Å². The largest absolute Gasteiger partial charge is 0.323 e. The van der Waals surface area contributed by atoms with E-state index in [2.05, 4.69) is 10.3 Å². The van der Waals surface area contributed by atoms with Crippen LogP contribution in [0, 0.1) is 0 Å². The van der Waals surface area contributed by atoms with E-state index in [4.69, 9.17) is 5.73 Å². The normalized spacial score (nSPS) is 11.2. The van der Waals surface area contributed by atoms with Gasteiger partial charge in [-0.15, -0.1) is 29.9 Å². The Hall–Kier alpha value is -0.320. The molecule has 0 saturated heterocycles. The number of nitrogens with zero attached hydrogens (tertiary/aromatic N) is 3. The standard InChI is InChI=1S/C6H12N4.2ClH/c1-3-5(7)6-4-8-9-10(6)2;;/h4-5H,3,7H2,1-2H3;2*1H/t5-;;/m1../s1. The Morgan fingerprint density at radius 1 is 1.58 bits per heavy atom. The van der Waals surface area contributed by atoms with Gasteiger partial charge in [-0.3, -0.25) is 4.68 Å². The lowest BCUT2D eigenvalue weighted by Gasteiger charge is -2.06. The molecule has 2 N–H and O–H groups in total. The molecule has 0 bridgehead atoms. The second-order valence-corrected chi connectivity index (χ2v) is 2.30. The van der Waals surface area contributed by atoms with Gasteiger partial charge >= 0.3 is 0 Å². The molecular formula is C6H14Cl2N4. The van der Waals surface area contributed by atoms with Crippen LogP contribution < -0.4 is 5.73 Å². The summed E-state index contributed by atoms with van der Waals surface area (Å²) in [5, 5.41) is 7.50. The predicted molar refractivity (Wildman–Crippen MR) is 52.7 cm³/mol. The molecule has 0 aromatic carbocycles. The van der Waals surface area contributed by atoms with Crippen molar-refractivity contribution in [3.8, 4) is 0 Å². The zero-order chi connectivity index (χ0) is 7.56. The van der Waals surface area contributed by atoms with Gasteiger partial charge in [0.2, 0.25) is 0 Å². The number of aromatic nitrogens is 3. The van der Waals surface area contributed by atoms with Crippen molar-refractivity contribution in [3.05, 3.63) is 11.9 Å². The first kappa shape index (κ1) is 14.2. The lowest BCUT2D eigenvalue weighted by atomic mass is 10.2. The van der Waals surface area contributed by atoms with Crippen molar-refractivity contribution in [1.29, 1.82) is 0 Å². The summed E-state index contributed by atoms with van der Waals surface area (Å²) >= 11 is 0. The van der Waals surface area contributed by atoms with E-state index in [1.807, 2.05) is 14.0 Å². The van der Waals surface area contributed by atoms with Crippen LogP contribution in [0.2, 0.25) is 0 Å². The van der Waals surface area contributed by atoms with Crippen LogP contribution in [0.25, 0.3) is 0 Å². The first-order valence-electron chi connectivity index (χ1n) is 3.36. The first-order chi connectivity index (χ1) is 4.75. The SMILES string of the molecule is CC[C@@H](N)c1cnnn1C.Cl.Cl. The fourth-order valence-electron chi connectivity index (χ4n) is 0.842. The molecule has 12 heavy (non-hydrogen) atoms. The van der Waals surface area contributed by atoms with Crippen LogP contribution >= 0.6 is 24.8 Å². The van der Waals surface area contributed by atoms with E-state index in [1.54, 1.807) is 10.9 Å². The molecule has 1 heterocycles. The first-order valence-corrected chi connectivity index (χ1v) is 3.36. The molecule has 0 aliphatic rings. The molecule has 1 atom stereocenters. The highest BCUT2D eigenvalue weighted by atomic mass is 35.5. The molecule has 0 fully saturated rings. The van der Waals surface area contributed by atoms with Crippen LogP contribution in [0.5, 0.6) is 0 Å². The van der Waals surface area contributed by atoms with Gasteiger partial charge in [0, 0.05) is 13.1 Å². The van der Waals surface area contributed by atoms with Crippen molar-refractivity contribution in [2.45, 2.75) is 19.4 Å². The lowest BCUT2D eigenvalue weighted by molar-refractivity contribution is 0.597. The average Bonchev–Trinajstić information content (AvgIpc) is 2.34. The summed E-state index contributed by atoms with van der Waals surface area (Å²) in [6, 6.07) is 0.0694. The second kappa shape index (κ2) is 6.22. The summed E-state index contributed by atoms with van der Waals surface area (Å²) in [4.78, 5) is 0. The van der Waals surface area contributed by atoms with Crippen molar-refractivity contribution >= 4 is 24.8 Å². The smallest absolute Gasteiger partial charge is 0.0750 e. The third-order valence-corrected chi connectivity index (χ3v) is 1.57. The van der Waals surface area contributed by atoms with Crippen molar-refractivity contribution in [3.63, 3.8) is 0 Å². The van der Waals surface area contributed by atoms with Crippen LogP contribution in [0.4, 0.5) is 0 Å². The van der Waals surface area contributed by atoms with E-state index in [-0.39, 0.29) is 30.9 Å². The highest BCUT2D eigenvalue weighted by Crippen LogP contribution is 2.09. The molecule has 0 aliphatic carbocycles. The van der Waals surface area contributed by atoms with Gasteiger partial charge in [-0.05, 0) is 6.42 Å². The van der Waals surface area contributed by atoms with Crippen LogP contribution in [-0.4, -0.2) is 15.0 Å². The third kappa shape index (κ3) is 2.97. The number of nitrogens with two attached hydrogens (primary N) is 1. The van der Waals surface area contributed by atoms with Gasteiger partial charge in [-0.1, -0.05) is 12.1 Å². The zero-order valence-corrected chi connectivity index (χ0v) is 8.73. The van der Waals surface area contributed by atoms with E-state index in [9.17, 15) is 0 Å². The monoisotopic (exact) mass is 212 g/mol. The maximum absolute atomic E-state index is 5.74. The Balaban J connectivity index is 0. The quantitative estimate of drug-likeness (QED) is 0.799. The van der Waals surface area contributed by atoms with Gasteiger partial charge in [-0.2, -0.15) is 0 Å². The third-order valence-electron chi connectivity index (χ3n) is 1.57. The molecule has 72 valence electrons. The summed E-state index contributed by atoms with van der Waals surface area (Å²) in [5.41, 5.74) is 6.73. The maximum Gasteiger partial charge on any atom is 0.0750 e. The Bertz CT molecular complexity index is 213. The molecule has 1 aromatic rings. The summed E-state index contributed by atoms with van der Waals surface area (Å²) in [7, 11) is 1.85. The molecule has 0 amide bonds. The molecular weight excluding hydrogens is 199 g/mol. The van der Waals surface area contributed by atoms with E-state index >= 15 is 0 Å². The number of halogens is 2. The Labute approximate surface area is 84.3 Å². The summed E-state index contributed by atoms with van der Waals surface area (Å²) in [6.07, 6.45) is 2.62. The van der Waals surface area contributed by atoms with Crippen LogP contribution in [0.1, 0.15) is 25.1 Å². The van der Waals surface area contributed by atoms with E-state index in [0.717, 1.165) is 12.1 Å². The average molecular weight is 213 g/mol. The fourth-order valence-corrected chi connectivity index (χ4v) is 0.842. The molecule has 1 aromatic heterocycles. The number of aryl methyl sites for hydroxylation is 1. The van der Waals surface area contributed by atoms with E-state index in [1.165, 1.54) is 0 Å². The molecule has 0 saturated carbocycles. The maximum atomic E-state index is 5.74. The van der Waals surface area contributed by atoms with Crippen molar-refractivity contribution < 1.29 is 0 Å². The molecule has 0 radical (unpaired) electrons. The van der Waals surface area contributed by atoms with Crippen LogP contribution in [0.3, 0.4) is 0 Å². The topological polar surface area (TPSA) is 56.7 Å². The van der Waals surface area contributed by atoms with Crippen molar-refractivity contribution in [1.82, 2.24) is 15.0 Å². The van der Waals surface area contributed by atoms with Crippen molar-refractivity contribution in [2.24, 2.45) is 12.8 Å². The summed E-state index contributed by atoms with van der Waals surface area (Å²) < 4.78 is 1.70. The Morgan fingerprint density at radius 3 is 2.50 bits per heavy atom. The second-order valence-electron chi connectivity index (χ2n) is 2.30. The highest BCUT2D eigenvalue weighted by Gasteiger charge is 2.06. The Kier molecular flexibility index (Phi) is 7.37. The predicted octanol–water partition coefficient (Wildman–Crippen LogP) is 1.07. The molecule has 1 rings (SSSR count). The highest BCUT2D eigenvalue weighted by molar-refractivity contribution is 5.85. The zero-order valence-electron chi connectivity index (χ0n) is 7.10. The van der Waals surface area contributed by atoms with Crippen molar-refractivity contribution in [2.75, 3.05) is 0 Å². The molecule has 0 aliphatic heterocycles. The summed E-state index contributed by atoms with van der Waals surface area (Å²) in [5.74, 6) is 0. The minimum atomic E-state index is 0. The molecule has 0 unspecified atom stereocenters. The molecule has 6 heteroatoms. The molecule has 4 nitrogen and oxygen atoms in total.